The zero-order valence-corrected chi connectivity index (χ0v) is 11.7. The Hall–Kier alpha value is -1.95. The van der Waals surface area contributed by atoms with Crippen LogP contribution >= 0.6 is 0 Å². The second kappa shape index (κ2) is 6.00. The summed E-state index contributed by atoms with van der Waals surface area (Å²) in [5.74, 6) is -0.0433. The van der Waals surface area contributed by atoms with E-state index in [1.807, 2.05) is 13.0 Å². The predicted octanol–water partition coefficient (Wildman–Crippen LogP) is 1.83. The molecule has 0 spiro atoms. The molecule has 20 heavy (non-hydrogen) atoms. The van der Waals surface area contributed by atoms with Crippen LogP contribution in [0.15, 0.2) is 18.2 Å². The van der Waals surface area contributed by atoms with Crippen molar-refractivity contribution in [2.75, 3.05) is 6.54 Å². The van der Waals surface area contributed by atoms with Gasteiger partial charge in [0.2, 0.25) is 5.91 Å². The molecule has 2 rings (SSSR count). The molecular formula is C14H19N3O3. The van der Waals surface area contributed by atoms with E-state index in [1.54, 1.807) is 13.0 Å². The van der Waals surface area contributed by atoms with E-state index in [2.05, 4.69) is 10.6 Å². The van der Waals surface area contributed by atoms with Gasteiger partial charge in [-0.15, -0.1) is 0 Å². The first-order valence-electron chi connectivity index (χ1n) is 6.77. The van der Waals surface area contributed by atoms with Gasteiger partial charge in [0.15, 0.2) is 0 Å². The summed E-state index contributed by atoms with van der Waals surface area (Å²) in [6.07, 6.45) is 1.84. The highest BCUT2D eigenvalue weighted by Gasteiger charge is 2.24. The van der Waals surface area contributed by atoms with Gasteiger partial charge >= 0.3 is 0 Å². The fraction of sp³-hybridized carbons (Fsp3) is 0.500. The molecular weight excluding hydrogens is 258 g/mol. The molecule has 0 radical (unpaired) electrons. The quantitative estimate of drug-likeness (QED) is 0.649. The third kappa shape index (κ3) is 3.14. The summed E-state index contributed by atoms with van der Waals surface area (Å²) in [5.41, 5.74) is 1.45. The molecule has 0 aliphatic carbocycles. The highest BCUT2D eigenvalue weighted by molar-refractivity contribution is 5.82. The minimum atomic E-state index is -0.397. The average molecular weight is 277 g/mol. The lowest BCUT2D eigenvalue weighted by Crippen LogP contribution is -2.41. The van der Waals surface area contributed by atoms with Gasteiger partial charge < -0.3 is 10.6 Å². The van der Waals surface area contributed by atoms with E-state index < -0.39 is 4.92 Å². The smallest absolute Gasteiger partial charge is 0.272 e. The number of carbonyl (C=O) groups is 1. The van der Waals surface area contributed by atoms with Gasteiger partial charge in [0, 0.05) is 11.6 Å². The number of nitro benzene ring substituents is 1. The van der Waals surface area contributed by atoms with E-state index in [9.17, 15) is 14.9 Å². The molecule has 2 atom stereocenters. The number of carbonyl (C=O) groups excluding carboxylic acids is 1. The van der Waals surface area contributed by atoms with Gasteiger partial charge in [-0.1, -0.05) is 12.1 Å². The van der Waals surface area contributed by atoms with E-state index in [0.717, 1.165) is 24.9 Å². The maximum absolute atomic E-state index is 12.0. The van der Waals surface area contributed by atoms with Crippen LogP contribution in [0.2, 0.25) is 0 Å². The molecule has 1 aromatic rings. The lowest BCUT2D eigenvalue weighted by atomic mass is 10.0. The number of nitrogens with one attached hydrogen (secondary N) is 2. The van der Waals surface area contributed by atoms with E-state index in [4.69, 9.17) is 0 Å². The summed E-state index contributed by atoms with van der Waals surface area (Å²) in [4.78, 5) is 22.5. The van der Waals surface area contributed by atoms with Crippen molar-refractivity contribution < 1.29 is 9.72 Å². The third-order valence-electron chi connectivity index (χ3n) is 3.67. The Labute approximate surface area is 117 Å². The largest absolute Gasteiger partial charge is 0.348 e. The molecule has 2 N–H and O–H groups in total. The second-order valence-corrected chi connectivity index (χ2v) is 5.18. The Morgan fingerprint density at radius 1 is 1.55 bits per heavy atom. The summed E-state index contributed by atoms with van der Waals surface area (Å²) in [6.45, 7) is 4.40. The van der Waals surface area contributed by atoms with Crippen LogP contribution in [0.3, 0.4) is 0 Å². The van der Waals surface area contributed by atoms with E-state index in [0.29, 0.717) is 5.56 Å². The summed E-state index contributed by atoms with van der Waals surface area (Å²) in [6, 6.07) is 4.67. The van der Waals surface area contributed by atoms with E-state index in [-0.39, 0.29) is 23.7 Å². The SMILES string of the molecule is Cc1ccc([C@H](C)NC(=O)[C@H]2CCCN2)cc1[N+](=O)[O-]. The highest BCUT2D eigenvalue weighted by atomic mass is 16.6. The number of nitro groups is 1. The van der Waals surface area contributed by atoms with Crippen molar-refractivity contribution in [3.63, 3.8) is 0 Å². The van der Waals surface area contributed by atoms with Crippen LogP contribution in [0.4, 0.5) is 5.69 Å². The molecule has 0 aromatic heterocycles. The van der Waals surface area contributed by atoms with Gasteiger partial charge in [-0.25, -0.2) is 0 Å². The van der Waals surface area contributed by atoms with Crippen LogP contribution in [0.25, 0.3) is 0 Å². The second-order valence-electron chi connectivity index (χ2n) is 5.18. The zero-order chi connectivity index (χ0) is 14.7. The molecule has 0 unspecified atom stereocenters. The van der Waals surface area contributed by atoms with Crippen molar-refractivity contribution in [3.05, 3.63) is 39.4 Å². The molecule has 1 aliphatic heterocycles. The zero-order valence-electron chi connectivity index (χ0n) is 11.7. The van der Waals surface area contributed by atoms with Gasteiger partial charge in [0.05, 0.1) is 17.0 Å². The molecule has 0 bridgehead atoms. The van der Waals surface area contributed by atoms with Crippen LogP contribution in [-0.2, 0) is 4.79 Å². The van der Waals surface area contributed by atoms with Crippen molar-refractivity contribution in [1.82, 2.24) is 10.6 Å². The minimum Gasteiger partial charge on any atom is -0.348 e. The molecule has 1 fully saturated rings. The molecule has 1 amide bonds. The first-order valence-corrected chi connectivity index (χ1v) is 6.77. The van der Waals surface area contributed by atoms with E-state index in [1.165, 1.54) is 6.07 Å². The van der Waals surface area contributed by atoms with E-state index >= 15 is 0 Å². The summed E-state index contributed by atoms with van der Waals surface area (Å²) >= 11 is 0. The molecule has 108 valence electrons. The van der Waals surface area contributed by atoms with Crippen LogP contribution in [-0.4, -0.2) is 23.4 Å². The Morgan fingerprint density at radius 3 is 2.90 bits per heavy atom. The van der Waals surface area contributed by atoms with Gasteiger partial charge in [0.1, 0.15) is 0 Å². The number of hydrogen-bond donors (Lipinski definition) is 2. The fourth-order valence-electron chi connectivity index (χ4n) is 2.40. The van der Waals surface area contributed by atoms with Crippen molar-refractivity contribution in [2.24, 2.45) is 0 Å². The summed E-state index contributed by atoms with van der Waals surface area (Å²) in [5, 5.41) is 17.0. The van der Waals surface area contributed by atoms with Crippen LogP contribution in [0.5, 0.6) is 0 Å². The number of hydrogen-bond acceptors (Lipinski definition) is 4. The number of rotatable bonds is 4. The normalized spacial score (nSPS) is 19.6. The van der Waals surface area contributed by atoms with Crippen LogP contribution in [0, 0.1) is 17.0 Å². The van der Waals surface area contributed by atoms with Crippen molar-refractivity contribution in [1.29, 1.82) is 0 Å². The predicted molar refractivity (Wildman–Crippen MR) is 75.4 cm³/mol. The Kier molecular flexibility index (Phi) is 4.34. The van der Waals surface area contributed by atoms with Gasteiger partial charge in [0.25, 0.3) is 5.69 Å². The molecule has 0 saturated carbocycles. The Bertz CT molecular complexity index is 524. The fourth-order valence-corrected chi connectivity index (χ4v) is 2.40. The molecule has 1 saturated heterocycles. The third-order valence-corrected chi connectivity index (χ3v) is 3.67. The lowest BCUT2D eigenvalue weighted by Gasteiger charge is -2.17. The number of benzene rings is 1. The summed E-state index contributed by atoms with van der Waals surface area (Å²) in [7, 11) is 0. The monoisotopic (exact) mass is 277 g/mol. The van der Waals surface area contributed by atoms with Crippen LogP contribution < -0.4 is 10.6 Å². The maximum Gasteiger partial charge on any atom is 0.272 e. The Morgan fingerprint density at radius 2 is 2.30 bits per heavy atom. The van der Waals surface area contributed by atoms with Crippen molar-refractivity contribution in [3.8, 4) is 0 Å². The molecule has 6 heteroatoms. The first kappa shape index (κ1) is 14.5. The number of amides is 1. The average Bonchev–Trinajstić information content (AvgIpc) is 2.92. The van der Waals surface area contributed by atoms with Crippen LogP contribution in [0.1, 0.15) is 36.9 Å². The number of aryl methyl sites for hydroxylation is 1. The molecule has 1 heterocycles. The Balaban J connectivity index is 2.08. The van der Waals surface area contributed by atoms with Gasteiger partial charge in [-0.3, -0.25) is 14.9 Å². The first-order chi connectivity index (χ1) is 9.49. The maximum atomic E-state index is 12.0. The standard InChI is InChI=1S/C14H19N3O3/c1-9-5-6-11(8-13(9)17(19)20)10(2)16-14(18)12-4-3-7-15-12/h5-6,8,10,12,15H,3-4,7H2,1-2H3,(H,16,18)/t10-,12+/m0/s1. The molecule has 1 aromatic carbocycles. The van der Waals surface area contributed by atoms with Crippen molar-refractivity contribution in [2.45, 2.75) is 38.8 Å². The van der Waals surface area contributed by atoms with Gasteiger partial charge in [-0.2, -0.15) is 0 Å². The van der Waals surface area contributed by atoms with Gasteiger partial charge in [-0.05, 0) is 38.8 Å². The summed E-state index contributed by atoms with van der Waals surface area (Å²) < 4.78 is 0. The van der Waals surface area contributed by atoms with Crippen molar-refractivity contribution >= 4 is 11.6 Å². The number of nitrogens with zero attached hydrogens (tertiary/aromatic N) is 1. The topological polar surface area (TPSA) is 84.3 Å². The highest BCUT2D eigenvalue weighted by Crippen LogP contribution is 2.23. The minimum absolute atomic E-state index is 0.0433. The molecule has 6 nitrogen and oxygen atoms in total. The lowest BCUT2D eigenvalue weighted by molar-refractivity contribution is -0.385. The molecule has 1 aliphatic rings.